The summed E-state index contributed by atoms with van der Waals surface area (Å²) in [7, 11) is 0. The Morgan fingerprint density at radius 3 is 2.45 bits per heavy atom. The van der Waals surface area contributed by atoms with Gasteiger partial charge >= 0.3 is 0 Å². The number of hydrogen-bond donors (Lipinski definition) is 3. The average molecular weight is 433 g/mol. The lowest BCUT2D eigenvalue weighted by Gasteiger charge is -2.61. The second kappa shape index (κ2) is 6.19. The Morgan fingerprint density at radius 2 is 1.74 bits per heavy atom. The van der Waals surface area contributed by atoms with Crippen LogP contribution in [0.5, 0.6) is 0 Å². The molecule has 172 valence electrons. The Hall–Kier alpha value is -0.820. The van der Waals surface area contributed by atoms with E-state index in [-0.39, 0.29) is 70.6 Å². The van der Waals surface area contributed by atoms with Crippen molar-refractivity contribution in [1.82, 2.24) is 0 Å². The van der Waals surface area contributed by atoms with E-state index in [0.29, 0.717) is 12.8 Å². The molecular weight excluding hydrogens is 396 g/mol. The molecule has 6 nitrogen and oxygen atoms in total. The lowest BCUT2D eigenvalue weighted by Crippen LogP contribution is -2.67. The first-order chi connectivity index (χ1) is 14.5. The second-order valence-electron chi connectivity index (χ2n) is 12.4. The molecule has 6 aliphatic rings. The molecule has 0 amide bonds. The Kier molecular flexibility index (Phi) is 4.15. The van der Waals surface area contributed by atoms with Crippen LogP contribution in [0.2, 0.25) is 0 Å². The molecule has 11 unspecified atom stereocenters. The molecule has 3 N–H and O–H groups in total. The molecule has 0 radical (unpaired) electrons. The van der Waals surface area contributed by atoms with Gasteiger partial charge in [-0.25, -0.2) is 0 Å². The van der Waals surface area contributed by atoms with Crippen LogP contribution in [-0.2, 0) is 14.3 Å². The van der Waals surface area contributed by atoms with Crippen LogP contribution in [0, 0.1) is 58.2 Å². The summed E-state index contributed by atoms with van der Waals surface area (Å²) in [6.07, 6.45) is 0.0338. The minimum Gasteiger partial charge on any atom is -0.392 e. The van der Waals surface area contributed by atoms with E-state index in [4.69, 9.17) is 4.74 Å². The quantitative estimate of drug-likeness (QED) is 0.502. The number of carbonyl (C=O) groups excluding carboxylic acids is 2. The number of carbonyl (C=O) groups is 2. The maximum absolute atomic E-state index is 13.5. The number of ketones is 2. The molecule has 0 bridgehead atoms. The van der Waals surface area contributed by atoms with E-state index in [1.807, 2.05) is 13.8 Å². The Bertz CT molecular complexity index is 842. The van der Waals surface area contributed by atoms with Crippen LogP contribution in [0.25, 0.3) is 0 Å². The third kappa shape index (κ3) is 2.28. The van der Waals surface area contributed by atoms with Crippen LogP contribution >= 0.6 is 0 Å². The van der Waals surface area contributed by atoms with Gasteiger partial charge in [-0.15, -0.1) is 0 Å². The third-order valence-corrected chi connectivity index (χ3v) is 11.4. The minimum absolute atomic E-state index is 0.0421. The number of epoxide rings is 1. The molecule has 15 atom stereocenters. The van der Waals surface area contributed by atoms with Gasteiger partial charge in [0.25, 0.3) is 0 Å². The molecule has 1 aliphatic heterocycles. The lowest BCUT2D eigenvalue weighted by molar-refractivity contribution is -0.203. The zero-order valence-electron chi connectivity index (χ0n) is 18.9. The van der Waals surface area contributed by atoms with Gasteiger partial charge in [-0.3, -0.25) is 9.59 Å². The highest BCUT2D eigenvalue weighted by molar-refractivity contribution is 5.88. The molecule has 0 aromatic rings. The van der Waals surface area contributed by atoms with Gasteiger partial charge in [0.15, 0.2) is 5.78 Å². The number of rotatable bonds is 0. The first kappa shape index (κ1) is 20.8. The summed E-state index contributed by atoms with van der Waals surface area (Å²) >= 11 is 0. The zero-order valence-corrected chi connectivity index (χ0v) is 18.9. The fourth-order valence-corrected chi connectivity index (χ4v) is 10.0. The van der Waals surface area contributed by atoms with Crippen molar-refractivity contribution in [2.75, 3.05) is 0 Å². The summed E-state index contributed by atoms with van der Waals surface area (Å²) in [6.45, 7) is 8.32. The van der Waals surface area contributed by atoms with Crippen molar-refractivity contribution in [1.29, 1.82) is 0 Å². The summed E-state index contributed by atoms with van der Waals surface area (Å²) in [4.78, 5) is 26.1. The number of Topliss-reactive ketones (excluding diaryl/α,β-unsaturated/α-hetero) is 2. The molecule has 31 heavy (non-hydrogen) atoms. The standard InChI is InChI=1S/C25H36O6/c1-9-7-13(26)10(2)15-17(9)24(3)6-5-11-16(18(24)20(15)28)21(29)19(27)12-8-14-22(31-14)23(30)25(11,12)4/h9-12,14-18,20-23,28-30H,5-8H2,1-4H3/t9?,10?,11?,12?,14-,15?,16?,17?,18?,20?,21?,22-,23-,24?,25+/m0/s1. The maximum atomic E-state index is 13.5. The van der Waals surface area contributed by atoms with Gasteiger partial charge in [-0.05, 0) is 54.3 Å². The third-order valence-electron chi connectivity index (χ3n) is 11.4. The van der Waals surface area contributed by atoms with Crippen LogP contribution in [0.15, 0.2) is 0 Å². The molecule has 0 aromatic heterocycles. The van der Waals surface area contributed by atoms with Crippen LogP contribution in [0.1, 0.15) is 53.4 Å². The molecule has 6 fully saturated rings. The summed E-state index contributed by atoms with van der Waals surface area (Å²) < 4.78 is 5.68. The van der Waals surface area contributed by atoms with Crippen LogP contribution < -0.4 is 0 Å². The molecule has 0 spiro atoms. The van der Waals surface area contributed by atoms with E-state index in [2.05, 4.69) is 13.8 Å². The summed E-state index contributed by atoms with van der Waals surface area (Å²) in [5.74, 6) is -0.934. The van der Waals surface area contributed by atoms with Crippen LogP contribution in [0.4, 0.5) is 0 Å². The first-order valence-corrected chi connectivity index (χ1v) is 12.3. The number of fused-ring (bicyclic) bond motifs is 8. The predicted molar refractivity (Wildman–Crippen MR) is 111 cm³/mol. The van der Waals surface area contributed by atoms with Crippen molar-refractivity contribution in [3.8, 4) is 0 Å². The van der Waals surface area contributed by atoms with Gasteiger partial charge in [-0.1, -0.05) is 27.7 Å². The van der Waals surface area contributed by atoms with Gasteiger partial charge < -0.3 is 20.1 Å². The highest BCUT2D eigenvalue weighted by atomic mass is 16.6. The van der Waals surface area contributed by atoms with Crippen molar-refractivity contribution in [3.63, 3.8) is 0 Å². The fourth-order valence-electron chi connectivity index (χ4n) is 10.0. The Labute approximate surface area is 183 Å². The monoisotopic (exact) mass is 432 g/mol. The molecule has 6 rings (SSSR count). The zero-order chi connectivity index (χ0) is 22.2. The van der Waals surface area contributed by atoms with Crippen molar-refractivity contribution in [2.24, 2.45) is 58.2 Å². The number of ether oxygens (including phenoxy) is 1. The highest BCUT2D eigenvalue weighted by Gasteiger charge is 2.74. The fraction of sp³-hybridized carbons (Fsp3) is 0.920. The number of hydrogen-bond acceptors (Lipinski definition) is 6. The minimum atomic E-state index is -1.12. The molecule has 1 saturated heterocycles. The summed E-state index contributed by atoms with van der Waals surface area (Å²) in [5, 5.41) is 34.3. The SMILES string of the molecule is CC1CC(=O)C(C)C2C(O)C3C4C(O)C(=O)C5C[C@@H]6O[C@@H]6[C@H](O)[C@]5(C)C4CCC3(C)C12. The van der Waals surface area contributed by atoms with E-state index in [9.17, 15) is 24.9 Å². The Balaban J connectivity index is 1.45. The normalized spacial score (nSPS) is 64.7. The lowest BCUT2D eigenvalue weighted by atomic mass is 9.42. The van der Waals surface area contributed by atoms with Gasteiger partial charge in [-0.2, -0.15) is 0 Å². The molecule has 0 aromatic carbocycles. The molecule has 5 aliphatic carbocycles. The molecule has 5 saturated carbocycles. The van der Waals surface area contributed by atoms with E-state index in [0.717, 1.165) is 12.8 Å². The van der Waals surface area contributed by atoms with Crippen molar-refractivity contribution in [3.05, 3.63) is 0 Å². The van der Waals surface area contributed by atoms with Gasteiger partial charge in [0.05, 0.1) is 18.3 Å². The molecular formula is C25H36O6. The summed E-state index contributed by atoms with van der Waals surface area (Å²) in [5.41, 5.74) is -0.858. The number of aliphatic hydroxyl groups excluding tert-OH is 3. The Morgan fingerprint density at radius 1 is 1.03 bits per heavy atom. The smallest absolute Gasteiger partial charge is 0.165 e. The highest BCUT2D eigenvalue weighted by Crippen LogP contribution is 2.71. The first-order valence-electron chi connectivity index (χ1n) is 12.3. The van der Waals surface area contributed by atoms with Gasteiger partial charge in [0.2, 0.25) is 0 Å². The van der Waals surface area contributed by atoms with E-state index < -0.39 is 29.6 Å². The second-order valence-corrected chi connectivity index (χ2v) is 12.4. The van der Waals surface area contributed by atoms with Crippen molar-refractivity contribution >= 4 is 11.6 Å². The molecule has 6 heteroatoms. The van der Waals surface area contributed by atoms with E-state index >= 15 is 0 Å². The predicted octanol–water partition coefficient (Wildman–Crippen LogP) is 1.59. The number of aliphatic hydroxyl groups is 3. The molecule has 1 heterocycles. The van der Waals surface area contributed by atoms with E-state index in [1.54, 1.807) is 0 Å². The van der Waals surface area contributed by atoms with E-state index in [1.165, 1.54) is 0 Å². The maximum Gasteiger partial charge on any atom is 0.165 e. The van der Waals surface area contributed by atoms with Gasteiger partial charge in [0, 0.05) is 29.6 Å². The average Bonchev–Trinajstić information content (AvgIpc) is 3.45. The van der Waals surface area contributed by atoms with Crippen molar-refractivity contribution < 1.29 is 29.6 Å². The van der Waals surface area contributed by atoms with Crippen LogP contribution in [-0.4, -0.2) is 57.4 Å². The van der Waals surface area contributed by atoms with Gasteiger partial charge in [0.1, 0.15) is 18.0 Å². The topological polar surface area (TPSA) is 107 Å². The van der Waals surface area contributed by atoms with Crippen molar-refractivity contribution in [2.45, 2.75) is 83.9 Å². The summed E-state index contributed by atoms with van der Waals surface area (Å²) in [6, 6.07) is 0. The largest absolute Gasteiger partial charge is 0.392 e. The van der Waals surface area contributed by atoms with Crippen LogP contribution in [0.3, 0.4) is 0 Å².